The Labute approximate surface area is 165 Å². The molecule has 156 valence electrons. The molecule has 0 saturated carbocycles. The maximum absolute atomic E-state index is 11.9. The lowest BCUT2D eigenvalue weighted by molar-refractivity contribution is -0.149. The molecule has 2 aliphatic heterocycles. The molecule has 0 radical (unpaired) electrons. The fraction of sp³-hybridized carbons (Fsp3) is 0.905. The van der Waals surface area contributed by atoms with E-state index >= 15 is 0 Å². The number of likely N-dealkylation sites (tertiary alicyclic amines) is 2. The van der Waals surface area contributed by atoms with Crippen LogP contribution < -0.4 is 5.32 Å². The van der Waals surface area contributed by atoms with Gasteiger partial charge in [0.1, 0.15) is 0 Å². The molecule has 2 fully saturated rings. The van der Waals surface area contributed by atoms with Gasteiger partial charge in [-0.15, -0.1) is 0 Å². The second-order valence-corrected chi connectivity index (χ2v) is 8.00. The van der Waals surface area contributed by atoms with Gasteiger partial charge in [0.2, 0.25) is 0 Å². The molecule has 1 unspecified atom stereocenters. The summed E-state index contributed by atoms with van der Waals surface area (Å²) in [4.78, 5) is 21.7. The number of ether oxygens (including phenoxy) is 1. The Bertz CT molecular complexity index is 461. The normalized spacial score (nSPS) is 22.7. The predicted octanol–water partition coefficient (Wildman–Crippen LogP) is 2.74. The van der Waals surface area contributed by atoms with Crippen molar-refractivity contribution in [2.24, 2.45) is 16.8 Å². The number of carbonyl (C=O) groups is 1. The van der Waals surface area contributed by atoms with Crippen molar-refractivity contribution in [3.63, 3.8) is 0 Å². The SMILES string of the molecule is CCNC(=NCCCCN1CCCC(C)C1)N1CCC(C(=O)OCC)CC1. The summed E-state index contributed by atoms with van der Waals surface area (Å²) >= 11 is 0. The molecule has 2 heterocycles. The van der Waals surface area contributed by atoms with E-state index in [4.69, 9.17) is 9.73 Å². The maximum Gasteiger partial charge on any atom is 0.309 e. The highest BCUT2D eigenvalue weighted by molar-refractivity contribution is 5.80. The largest absolute Gasteiger partial charge is 0.466 e. The summed E-state index contributed by atoms with van der Waals surface area (Å²) in [5.74, 6) is 1.88. The number of guanidine groups is 1. The van der Waals surface area contributed by atoms with Gasteiger partial charge in [0.05, 0.1) is 12.5 Å². The molecule has 6 heteroatoms. The van der Waals surface area contributed by atoms with Crippen molar-refractivity contribution < 1.29 is 9.53 Å². The Kier molecular flexibility index (Phi) is 9.95. The molecule has 0 bridgehead atoms. The molecule has 27 heavy (non-hydrogen) atoms. The van der Waals surface area contributed by atoms with Gasteiger partial charge >= 0.3 is 5.97 Å². The third-order valence-electron chi connectivity index (χ3n) is 5.63. The first-order chi connectivity index (χ1) is 13.1. The predicted molar refractivity (Wildman–Crippen MR) is 111 cm³/mol. The molecule has 1 atom stereocenters. The minimum atomic E-state index is -0.0360. The van der Waals surface area contributed by atoms with Crippen molar-refractivity contribution in [1.82, 2.24) is 15.1 Å². The van der Waals surface area contributed by atoms with Crippen molar-refractivity contribution in [1.29, 1.82) is 0 Å². The van der Waals surface area contributed by atoms with Gasteiger partial charge < -0.3 is 19.9 Å². The Morgan fingerprint density at radius 2 is 1.93 bits per heavy atom. The maximum atomic E-state index is 11.9. The fourth-order valence-electron chi connectivity index (χ4n) is 4.13. The van der Waals surface area contributed by atoms with Crippen LogP contribution in [-0.2, 0) is 9.53 Å². The Morgan fingerprint density at radius 3 is 2.59 bits per heavy atom. The first kappa shape index (κ1) is 22.0. The minimum Gasteiger partial charge on any atom is -0.466 e. The molecule has 0 amide bonds. The fourth-order valence-corrected chi connectivity index (χ4v) is 4.13. The number of hydrogen-bond acceptors (Lipinski definition) is 4. The molecule has 2 aliphatic rings. The van der Waals surface area contributed by atoms with Gasteiger partial charge in [-0.25, -0.2) is 0 Å². The lowest BCUT2D eigenvalue weighted by Crippen LogP contribution is -2.46. The average molecular weight is 381 g/mol. The lowest BCUT2D eigenvalue weighted by Gasteiger charge is -2.33. The third-order valence-corrected chi connectivity index (χ3v) is 5.63. The molecule has 0 aromatic carbocycles. The third kappa shape index (κ3) is 7.68. The lowest BCUT2D eigenvalue weighted by atomic mass is 9.97. The Hall–Kier alpha value is -1.30. The highest BCUT2D eigenvalue weighted by Crippen LogP contribution is 2.19. The van der Waals surface area contributed by atoms with Crippen molar-refractivity contribution >= 4 is 11.9 Å². The minimum absolute atomic E-state index is 0.0360. The number of rotatable bonds is 8. The first-order valence-corrected chi connectivity index (χ1v) is 11.1. The summed E-state index contributed by atoms with van der Waals surface area (Å²) in [6.07, 6.45) is 6.82. The van der Waals surface area contributed by atoms with E-state index in [1.807, 2.05) is 6.92 Å². The zero-order chi connectivity index (χ0) is 19.5. The highest BCUT2D eigenvalue weighted by Gasteiger charge is 2.27. The van der Waals surface area contributed by atoms with Crippen molar-refractivity contribution in [2.75, 3.05) is 52.4 Å². The van der Waals surface area contributed by atoms with Crippen LogP contribution in [0.1, 0.15) is 59.3 Å². The number of carbonyl (C=O) groups excluding carboxylic acids is 1. The quantitative estimate of drug-likeness (QED) is 0.304. The van der Waals surface area contributed by atoms with E-state index in [2.05, 4.69) is 29.0 Å². The zero-order valence-electron chi connectivity index (χ0n) is 17.7. The van der Waals surface area contributed by atoms with Gasteiger partial charge in [0.25, 0.3) is 0 Å². The molecular formula is C21H40N4O2. The molecule has 0 aliphatic carbocycles. The van der Waals surface area contributed by atoms with Crippen LogP contribution in [0.5, 0.6) is 0 Å². The Balaban J connectivity index is 1.70. The van der Waals surface area contributed by atoms with Crippen LogP contribution in [0.3, 0.4) is 0 Å². The second kappa shape index (κ2) is 12.2. The summed E-state index contributed by atoms with van der Waals surface area (Å²) in [6, 6.07) is 0. The molecule has 0 aromatic heterocycles. The molecule has 2 rings (SSSR count). The van der Waals surface area contributed by atoms with Crippen LogP contribution in [0.2, 0.25) is 0 Å². The number of unbranched alkanes of at least 4 members (excludes halogenated alkanes) is 1. The summed E-state index contributed by atoms with van der Waals surface area (Å²) in [7, 11) is 0. The standard InChI is InChI=1S/C21H40N4O2/c1-4-22-21(25-15-10-19(11-16-25)20(26)27-5-2)23-12-6-7-13-24-14-8-9-18(3)17-24/h18-19H,4-17H2,1-3H3,(H,22,23). The topological polar surface area (TPSA) is 57.2 Å². The van der Waals surface area contributed by atoms with Crippen LogP contribution in [0.15, 0.2) is 4.99 Å². The highest BCUT2D eigenvalue weighted by atomic mass is 16.5. The summed E-state index contributed by atoms with van der Waals surface area (Å²) in [5, 5.41) is 3.42. The van der Waals surface area contributed by atoms with Crippen LogP contribution in [0.25, 0.3) is 0 Å². The van der Waals surface area contributed by atoms with Crippen molar-refractivity contribution in [3.8, 4) is 0 Å². The number of piperidine rings is 2. The monoisotopic (exact) mass is 380 g/mol. The zero-order valence-corrected chi connectivity index (χ0v) is 17.7. The van der Waals surface area contributed by atoms with Crippen LogP contribution >= 0.6 is 0 Å². The van der Waals surface area contributed by atoms with Gasteiger partial charge in [0.15, 0.2) is 5.96 Å². The number of nitrogens with zero attached hydrogens (tertiary/aromatic N) is 3. The van der Waals surface area contributed by atoms with E-state index < -0.39 is 0 Å². The van der Waals surface area contributed by atoms with Gasteiger partial charge in [0, 0.05) is 32.7 Å². The van der Waals surface area contributed by atoms with E-state index in [1.165, 1.54) is 38.9 Å². The van der Waals surface area contributed by atoms with Crippen LogP contribution in [0.4, 0.5) is 0 Å². The summed E-state index contributed by atoms with van der Waals surface area (Å²) in [5.41, 5.74) is 0. The molecule has 1 N–H and O–H groups in total. The van der Waals surface area contributed by atoms with Gasteiger partial charge in [-0.3, -0.25) is 9.79 Å². The van der Waals surface area contributed by atoms with E-state index in [0.717, 1.165) is 57.3 Å². The van der Waals surface area contributed by atoms with E-state index in [-0.39, 0.29) is 11.9 Å². The summed E-state index contributed by atoms with van der Waals surface area (Å²) < 4.78 is 5.17. The smallest absolute Gasteiger partial charge is 0.309 e. The molecular weight excluding hydrogens is 340 g/mol. The number of esters is 1. The van der Waals surface area contributed by atoms with E-state index in [9.17, 15) is 4.79 Å². The average Bonchev–Trinajstić information content (AvgIpc) is 2.67. The Morgan fingerprint density at radius 1 is 1.15 bits per heavy atom. The van der Waals surface area contributed by atoms with Gasteiger partial charge in [-0.05, 0) is 71.4 Å². The first-order valence-electron chi connectivity index (χ1n) is 11.1. The molecule has 6 nitrogen and oxygen atoms in total. The van der Waals surface area contributed by atoms with Crippen molar-refractivity contribution in [3.05, 3.63) is 0 Å². The van der Waals surface area contributed by atoms with E-state index in [0.29, 0.717) is 6.61 Å². The molecule has 2 saturated heterocycles. The number of nitrogens with one attached hydrogen (secondary N) is 1. The van der Waals surface area contributed by atoms with Gasteiger partial charge in [-0.1, -0.05) is 6.92 Å². The second-order valence-electron chi connectivity index (χ2n) is 8.00. The molecule has 0 spiro atoms. The van der Waals surface area contributed by atoms with Crippen LogP contribution in [-0.4, -0.2) is 74.1 Å². The van der Waals surface area contributed by atoms with E-state index in [1.54, 1.807) is 0 Å². The van der Waals surface area contributed by atoms with Gasteiger partial charge in [-0.2, -0.15) is 0 Å². The molecule has 0 aromatic rings. The number of hydrogen-bond donors (Lipinski definition) is 1. The summed E-state index contributed by atoms with van der Waals surface area (Å²) in [6.45, 7) is 14.1. The number of aliphatic imine (C=N–C) groups is 1. The van der Waals surface area contributed by atoms with Crippen molar-refractivity contribution in [2.45, 2.75) is 59.3 Å². The van der Waals surface area contributed by atoms with Crippen LogP contribution in [0, 0.1) is 11.8 Å².